The highest BCUT2D eigenvalue weighted by molar-refractivity contribution is 5.39. The van der Waals surface area contributed by atoms with Gasteiger partial charge in [0.2, 0.25) is 5.82 Å². The number of ether oxygens (including phenoxy) is 2. The van der Waals surface area contributed by atoms with Crippen LogP contribution >= 0.6 is 0 Å². The van der Waals surface area contributed by atoms with E-state index in [4.69, 9.17) is 15.2 Å². The molecule has 100 valence electrons. The average Bonchev–Trinajstić information content (AvgIpc) is 2.32. The van der Waals surface area contributed by atoms with Crippen LogP contribution in [0.1, 0.15) is 0 Å². The van der Waals surface area contributed by atoms with Crippen molar-refractivity contribution in [2.45, 2.75) is 0 Å². The highest BCUT2D eigenvalue weighted by Crippen LogP contribution is 2.26. The van der Waals surface area contributed by atoms with Crippen molar-refractivity contribution in [3.05, 3.63) is 33.9 Å². The van der Waals surface area contributed by atoms with Crippen molar-refractivity contribution in [2.75, 3.05) is 26.4 Å². The minimum absolute atomic E-state index is 0.00578. The highest BCUT2D eigenvalue weighted by Gasteiger charge is 2.19. The predicted octanol–water partition coefficient (Wildman–Crippen LogP) is 1.23. The predicted molar refractivity (Wildman–Crippen MR) is 58.4 cm³/mol. The van der Waals surface area contributed by atoms with Crippen LogP contribution in [0.2, 0.25) is 0 Å². The van der Waals surface area contributed by atoms with Gasteiger partial charge in [0.1, 0.15) is 6.61 Å². The zero-order valence-electron chi connectivity index (χ0n) is 9.40. The van der Waals surface area contributed by atoms with E-state index in [0.29, 0.717) is 25.3 Å². The van der Waals surface area contributed by atoms with E-state index >= 15 is 0 Å². The number of hydrogen-bond donors (Lipinski definition) is 1. The fourth-order valence-electron chi connectivity index (χ4n) is 1.16. The Labute approximate surface area is 101 Å². The Balaban J connectivity index is 2.62. The number of hydrogen-bond acceptors (Lipinski definition) is 5. The van der Waals surface area contributed by atoms with Crippen molar-refractivity contribution in [3.63, 3.8) is 0 Å². The second-order valence-electron chi connectivity index (χ2n) is 3.24. The number of rotatable bonds is 7. The van der Waals surface area contributed by atoms with Gasteiger partial charge in [-0.1, -0.05) is 0 Å². The molecular weight excluding hydrogens is 250 g/mol. The Morgan fingerprint density at radius 1 is 1.22 bits per heavy atom. The number of nitrogens with two attached hydrogens (primary N) is 1. The van der Waals surface area contributed by atoms with Crippen molar-refractivity contribution in [1.82, 2.24) is 0 Å². The lowest BCUT2D eigenvalue weighted by molar-refractivity contribution is -0.387. The van der Waals surface area contributed by atoms with Gasteiger partial charge in [-0.2, -0.15) is 4.39 Å². The molecule has 8 heteroatoms. The first-order valence-electron chi connectivity index (χ1n) is 5.10. The van der Waals surface area contributed by atoms with Gasteiger partial charge in [-0.3, -0.25) is 10.1 Å². The smallest absolute Gasteiger partial charge is 0.307 e. The fourth-order valence-corrected chi connectivity index (χ4v) is 1.16. The van der Waals surface area contributed by atoms with Gasteiger partial charge in [0.05, 0.1) is 24.2 Å². The van der Waals surface area contributed by atoms with Gasteiger partial charge in [-0.05, 0) is 0 Å². The summed E-state index contributed by atoms with van der Waals surface area (Å²) in [5.74, 6) is -2.55. The summed E-state index contributed by atoms with van der Waals surface area (Å²) in [7, 11) is 0. The summed E-state index contributed by atoms with van der Waals surface area (Å²) >= 11 is 0. The molecule has 0 radical (unpaired) electrons. The Hall–Kier alpha value is -1.80. The minimum Gasteiger partial charge on any atom is -0.488 e. The van der Waals surface area contributed by atoms with E-state index in [-0.39, 0.29) is 13.2 Å². The summed E-state index contributed by atoms with van der Waals surface area (Å²) in [6.07, 6.45) is 0. The van der Waals surface area contributed by atoms with Crippen LogP contribution in [-0.2, 0) is 4.74 Å². The van der Waals surface area contributed by atoms with E-state index in [0.717, 1.165) is 0 Å². The maximum atomic E-state index is 13.3. The Kier molecular flexibility index (Phi) is 5.40. The van der Waals surface area contributed by atoms with Crippen LogP contribution in [0.4, 0.5) is 14.5 Å². The number of nitro groups is 1. The Morgan fingerprint density at radius 3 is 2.56 bits per heavy atom. The SMILES string of the molecule is NCCOCCOc1cc(F)c([N+](=O)[O-])cc1F. The summed E-state index contributed by atoms with van der Waals surface area (Å²) in [6.45, 7) is 0.838. The molecule has 0 saturated carbocycles. The second-order valence-corrected chi connectivity index (χ2v) is 3.24. The third-order valence-corrected chi connectivity index (χ3v) is 1.95. The lowest BCUT2D eigenvalue weighted by Crippen LogP contribution is -2.13. The molecule has 0 unspecified atom stereocenters. The van der Waals surface area contributed by atoms with Crippen LogP contribution in [0.25, 0.3) is 0 Å². The lowest BCUT2D eigenvalue weighted by atomic mass is 10.3. The zero-order valence-corrected chi connectivity index (χ0v) is 9.40. The molecule has 0 aromatic heterocycles. The third kappa shape index (κ3) is 3.90. The van der Waals surface area contributed by atoms with Gasteiger partial charge in [0, 0.05) is 12.6 Å². The van der Waals surface area contributed by atoms with E-state index in [9.17, 15) is 18.9 Å². The largest absolute Gasteiger partial charge is 0.488 e. The fraction of sp³-hybridized carbons (Fsp3) is 0.400. The van der Waals surface area contributed by atoms with E-state index in [2.05, 4.69) is 0 Å². The molecule has 18 heavy (non-hydrogen) atoms. The van der Waals surface area contributed by atoms with Crippen molar-refractivity contribution in [2.24, 2.45) is 5.73 Å². The lowest BCUT2D eigenvalue weighted by Gasteiger charge is -2.07. The standard InChI is InChI=1S/C10H12F2N2O4/c11-7-6-10(18-4-3-17-2-1-13)8(12)5-9(7)14(15)16/h5-6H,1-4,13H2. The molecule has 0 aliphatic heterocycles. The van der Waals surface area contributed by atoms with Gasteiger partial charge >= 0.3 is 5.69 Å². The molecule has 1 aromatic rings. The molecule has 1 rings (SSSR count). The van der Waals surface area contributed by atoms with E-state index in [1.165, 1.54) is 0 Å². The topological polar surface area (TPSA) is 87.6 Å². The van der Waals surface area contributed by atoms with Crippen molar-refractivity contribution >= 4 is 5.69 Å². The summed E-state index contributed by atoms with van der Waals surface area (Å²) in [5, 5.41) is 10.3. The molecule has 1 aromatic carbocycles. The quantitative estimate of drug-likeness (QED) is 0.453. The zero-order chi connectivity index (χ0) is 13.5. The molecule has 0 atom stereocenters. The normalized spacial score (nSPS) is 10.4. The van der Waals surface area contributed by atoms with E-state index in [1.54, 1.807) is 0 Å². The number of nitrogens with zero attached hydrogens (tertiary/aromatic N) is 1. The minimum atomic E-state index is -1.15. The maximum absolute atomic E-state index is 13.3. The molecular formula is C10H12F2N2O4. The van der Waals surface area contributed by atoms with E-state index < -0.39 is 28.0 Å². The molecule has 2 N–H and O–H groups in total. The molecule has 0 fully saturated rings. The van der Waals surface area contributed by atoms with Crippen LogP contribution in [0, 0.1) is 21.7 Å². The molecule has 0 heterocycles. The number of nitro benzene ring substituents is 1. The second kappa shape index (κ2) is 6.82. The van der Waals surface area contributed by atoms with Crippen molar-refractivity contribution in [3.8, 4) is 5.75 Å². The van der Waals surface area contributed by atoms with Crippen LogP contribution in [0.3, 0.4) is 0 Å². The summed E-state index contributed by atoms with van der Waals surface area (Å²) in [4.78, 5) is 9.34. The maximum Gasteiger partial charge on any atom is 0.307 e. The summed E-state index contributed by atoms with van der Waals surface area (Å²) in [5.41, 5.74) is 4.24. The van der Waals surface area contributed by atoms with Crippen molar-refractivity contribution < 1.29 is 23.2 Å². The van der Waals surface area contributed by atoms with Gasteiger partial charge in [0.15, 0.2) is 11.6 Å². The van der Waals surface area contributed by atoms with Gasteiger partial charge in [-0.25, -0.2) is 4.39 Å². The average molecular weight is 262 g/mol. The molecule has 0 aliphatic rings. The first-order chi connectivity index (χ1) is 8.56. The third-order valence-electron chi connectivity index (χ3n) is 1.95. The summed E-state index contributed by atoms with van der Waals surface area (Å²) < 4.78 is 36.3. The molecule has 0 saturated heterocycles. The van der Waals surface area contributed by atoms with Crippen LogP contribution in [0.5, 0.6) is 5.75 Å². The van der Waals surface area contributed by atoms with Crippen LogP contribution in [-0.4, -0.2) is 31.3 Å². The monoisotopic (exact) mass is 262 g/mol. The van der Waals surface area contributed by atoms with Gasteiger partial charge < -0.3 is 15.2 Å². The Morgan fingerprint density at radius 2 is 1.94 bits per heavy atom. The van der Waals surface area contributed by atoms with Crippen LogP contribution in [0.15, 0.2) is 12.1 Å². The summed E-state index contributed by atoms with van der Waals surface area (Å²) in [6, 6.07) is 1.11. The van der Waals surface area contributed by atoms with E-state index in [1.807, 2.05) is 0 Å². The first kappa shape index (κ1) is 14.3. The Bertz CT molecular complexity index is 429. The number of benzene rings is 1. The highest BCUT2D eigenvalue weighted by atomic mass is 19.1. The molecule has 0 spiro atoms. The van der Waals surface area contributed by atoms with Gasteiger partial charge in [-0.15, -0.1) is 0 Å². The van der Waals surface area contributed by atoms with Crippen molar-refractivity contribution in [1.29, 1.82) is 0 Å². The molecule has 0 aliphatic carbocycles. The number of halogens is 2. The van der Waals surface area contributed by atoms with Crippen LogP contribution < -0.4 is 10.5 Å². The molecule has 0 bridgehead atoms. The molecule has 0 amide bonds. The van der Waals surface area contributed by atoms with Gasteiger partial charge in [0.25, 0.3) is 0 Å². The molecule has 6 nitrogen and oxygen atoms in total. The first-order valence-corrected chi connectivity index (χ1v) is 5.10.